The van der Waals surface area contributed by atoms with Crippen molar-refractivity contribution in [1.82, 2.24) is 4.90 Å². The van der Waals surface area contributed by atoms with Gasteiger partial charge in [0.05, 0.1) is 6.54 Å². The Morgan fingerprint density at radius 2 is 1.65 bits per heavy atom. The quantitative estimate of drug-likeness (QED) is 0.941. The molecule has 2 aromatic rings. The van der Waals surface area contributed by atoms with Crippen molar-refractivity contribution < 1.29 is 9.59 Å². The van der Waals surface area contributed by atoms with E-state index in [9.17, 15) is 9.59 Å². The van der Waals surface area contributed by atoms with Gasteiger partial charge in [-0.2, -0.15) is 0 Å². The number of nitrogens with one attached hydrogen (secondary N) is 1. The summed E-state index contributed by atoms with van der Waals surface area (Å²) in [6, 6.07) is 13.2. The molecule has 0 aliphatic rings. The van der Waals surface area contributed by atoms with Crippen LogP contribution in [0.1, 0.15) is 27.0 Å². The van der Waals surface area contributed by atoms with Gasteiger partial charge in [-0.15, -0.1) is 0 Å². The third-order valence-corrected chi connectivity index (χ3v) is 3.90. The second-order valence-corrected chi connectivity index (χ2v) is 5.82. The molecule has 23 heavy (non-hydrogen) atoms. The number of carbonyl (C=O) groups excluding carboxylic acids is 2. The first-order chi connectivity index (χ1) is 10.9. The van der Waals surface area contributed by atoms with E-state index in [0.717, 1.165) is 22.4 Å². The predicted octanol–water partition coefficient (Wildman–Crippen LogP) is 3.32. The largest absolute Gasteiger partial charge is 0.332 e. The standard InChI is InChI=1S/C19H22N2O2/c1-13-8-10-16(11-9-13)20-18(22)12-21(4)19(23)17-7-5-6-14(2)15(17)3/h5-11H,12H2,1-4H3,(H,20,22). The minimum absolute atomic E-state index is 0.0140. The van der Waals surface area contributed by atoms with E-state index in [2.05, 4.69) is 5.32 Å². The van der Waals surface area contributed by atoms with Crippen molar-refractivity contribution in [3.63, 3.8) is 0 Å². The maximum Gasteiger partial charge on any atom is 0.254 e. The number of hydrogen-bond acceptors (Lipinski definition) is 2. The lowest BCUT2D eigenvalue weighted by Gasteiger charge is -2.18. The molecule has 0 unspecified atom stereocenters. The van der Waals surface area contributed by atoms with Crippen LogP contribution in [0.3, 0.4) is 0 Å². The van der Waals surface area contributed by atoms with E-state index in [1.165, 1.54) is 4.90 Å². The normalized spacial score (nSPS) is 10.3. The van der Waals surface area contributed by atoms with E-state index < -0.39 is 0 Å². The Kier molecular flexibility index (Phi) is 5.16. The van der Waals surface area contributed by atoms with Gasteiger partial charge >= 0.3 is 0 Å². The fourth-order valence-electron chi connectivity index (χ4n) is 2.31. The minimum Gasteiger partial charge on any atom is -0.332 e. The minimum atomic E-state index is -0.213. The highest BCUT2D eigenvalue weighted by Crippen LogP contribution is 2.15. The van der Waals surface area contributed by atoms with Crippen LogP contribution in [0, 0.1) is 20.8 Å². The smallest absolute Gasteiger partial charge is 0.254 e. The van der Waals surface area contributed by atoms with Crippen molar-refractivity contribution >= 4 is 17.5 Å². The Hall–Kier alpha value is -2.62. The molecule has 1 N–H and O–H groups in total. The van der Waals surface area contributed by atoms with E-state index in [0.29, 0.717) is 5.56 Å². The lowest BCUT2D eigenvalue weighted by molar-refractivity contribution is -0.116. The highest BCUT2D eigenvalue weighted by molar-refractivity contribution is 6.00. The average molecular weight is 310 g/mol. The fraction of sp³-hybridized carbons (Fsp3) is 0.263. The fourth-order valence-corrected chi connectivity index (χ4v) is 2.31. The highest BCUT2D eigenvalue weighted by Gasteiger charge is 2.17. The molecule has 0 aromatic heterocycles. The molecule has 0 saturated heterocycles. The lowest BCUT2D eigenvalue weighted by Crippen LogP contribution is -2.35. The molecule has 0 atom stereocenters. The summed E-state index contributed by atoms with van der Waals surface area (Å²) in [7, 11) is 1.64. The summed E-state index contributed by atoms with van der Waals surface area (Å²) in [5.41, 5.74) is 4.51. The molecule has 2 rings (SSSR count). The van der Waals surface area contributed by atoms with Gasteiger partial charge in [0.1, 0.15) is 0 Å². The summed E-state index contributed by atoms with van der Waals surface area (Å²) in [5.74, 6) is -0.361. The van der Waals surface area contributed by atoms with Crippen molar-refractivity contribution in [2.75, 3.05) is 18.9 Å². The van der Waals surface area contributed by atoms with Crippen LogP contribution < -0.4 is 5.32 Å². The first kappa shape index (κ1) is 16.7. The van der Waals surface area contributed by atoms with Crippen molar-refractivity contribution in [3.05, 3.63) is 64.7 Å². The molecule has 0 saturated carbocycles. The van der Waals surface area contributed by atoms with E-state index >= 15 is 0 Å². The van der Waals surface area contributed by atoms with Gasteiger partial charge < -0.3 is 10.2 Å². The molecule has 0 spiro atoms. The lowest BCUT2D eigenvalue weighted by atomic mass is 10.0. The Morgan fingerprint density at radius 3 is 2.30 bits per heavy atom. The number of aryl methyl sites for hydroxylation is 2. The zero-order chi connectivity index (χ0) is 17.0. The molecule has 0 aliphatic carbocycles. The summed E-state index contributed by atoms with van der Waals surface area (Å²) < 4.78 is 0. The summed E-state index contributed by atoms with van der Waals surface area (Å²) >= 11 is 0. The van der Waals surface area contributed by atoms with Gasteiger partial charge in [0.25, 0.3) is 5.91 Å². The molecule has 0 aliphatic heterocycles. The summed E-state index contributed by atoms with van der Waals surface area (Å²) in [5, 5.41) is 2.80. The SMILES string of the molecule is Cc1ccc(NC(=O)CN(C)C(=O)c2cccc(C)c2C)cc1. The summed E-state index contributed by atoms with van der Waals surface area (Å²) in [4.78, 5) is 26.0. The van der Waals surface area contributed by atoms with Gasteiger partial charge in [-0.25, -0.2) is 0 Å². The van der Waals surface area contributed by atoms with Crippen LogP contribution in [0.15, 0.2) is 42.5 Å². The predicted molar refractivity (Wildman–Crippen MR) is 92.7 cm³/mol. The van der Waals surface area contributed by atoms with Crippen LogP contribution in [0.5, 0.6) is 0 Å². The van der Waals surface area contributed by atoms with Crippen molar-refractivity contribution in [3.8, 4) is 0 Å². The Morgan fingerprint density at radius 1 is 1.00 bits per heavy atom. The molecule has 4 heteroatoms. The topological polar surface area (TPSA) is 49.4 Å². The first-order valence-electron chi connectivity index (χ1n) is 7.56. The Labute approximate surface area is 137 Å². The number of hydrogen-bond donors (Lipinski definition) is 1. The van der Waals surface area contributed by atoms with Gasteiger partial charge in [-0.1, -0.05) is 29.8 Å². The molecule has 0 bridgehead atoms. The van der Waals surface area contributed by atoms with Crippen LogP contribution >= 0.6 is 0 Å². The maximum absolute atomic E-state index is 12.5. The first-order valence-corrected chi connectivity index (χ1v) is 7.56. The molecular formula is C19H22N2O2. The second kappa shape index (κ2) is 7.09. The number of nitrogens with zero attached hydrogens (tertiary/aromatic N) is 1. The molecule has 2 amide bonds. The van der Waals surface area contributed by atoms with Gasteiger partial charge in [0.15, 0.2) is 0 Å². The monoisotopic (exact) mass is 310 g/mol. The van der Waals surface area contributed by atoms with Gasteiger partial charge in [-0.3, -0.25) is 9.59 Å². The van der Waals surface area contributed by atoms with E-state index in [-0.39, 0.29) is 18.4 Å². The van der Waals surface area contributed by atoms with Crippen molar-refractivity contribution in [2.45, 2.75) is 20.8 Å². The third kappa shape index (κ3) is 4.19. The number of rotatable bonds is 4. The maximum atomic E-state index is 12.5. The van der Waals surface area contributed by atoms with Crippen molar-refractivity contribution in [2.24, 2.45) is 0 Å². The van der Waals surface area contributed by atoms with Crippen LogP contribution in [0.25, 0.3) is 0 Å². The van der Waals surface area contributed by atoms with Crippen LogP contribution in [0.4, 0.5) is 5.69 Å². The van der Waals surface area contributed by atoms with Crippen LogP contribution in [-0.2, 0) is 4.79 Å². The zero-order valence-corrected chi connectivity index (χ0v) is 14.0. The Balaban J connectivity index is 2.01. The van der Waals surface area contributed by atoms with E-state index in [4.69, 9.17) is 0 Å². The van der Waals surface area contributed by atoms with Crippen molar-refractivity contribution in [1.29, 1.82) is 0 Å². The average Bonchev–Trinajstić information content (AvgIpc) is 2.51. The summed E-state index contributed by atoms with van der Waals surface area (Å²) in [6.45, 7) is 5.89. The number of amides is 2. The highest BCUT2D eigenvalue weighted by atomic mass is 16.2. The summed E-state index contributed by atoms with van der Waals surface area (Å²) in [6.07, 6.45) is 0. The van der Waals surface area contributed by atoms with E-state index in [1.807, 2.05) is 57.2 Å². The number of anilines is 1. The van der Waals surface area contributed by atoms with Crippen LogP contribution in [-0.4, -0.2) is 30.3 Å². The molecule has 4 nitrogen and oxygen atoms in total. The number of likely N-dealkylation sites (N-methyl/N-ethyl adjacent to an activating group) is 1. The number of benzene rings is 2. The van der Waals surface area contributed by atoms with Gasteiger partial charge in [-0.05, 0) is 50.1 Å². The third-order valence-electron chi connectivity index (χ3n) is 3.90. The number of carbonyl (C=O) groups is 2. The molecule has 0 radical (unpaired) electrons. The van der Waals surface area contributed by atoms with Gasteiger partial charge in [0.2, 0.25) is 5.91 Å². The Bertz CT molecular complexity index is 721. The zero-order valence-electron chi connectivity index (χ0n) is 14.0. The molecule has 120 valence electrons. The molecule has 2 aromatic carbocycles. The molecular weight excluding hydrogens is 288 g/mol. The van der Waals surface area contributed by atoms with Crippen LogP contribution in [0.2, 0.25) is 0 Å². The molecule has 0 heterocycles. The second-order valence-electron chi connectivity index (χ2n) is 5.82. The molecule has 0 fully saturated rings. The van der Waals surface area contributed by atoms with E-state index in [1.54, 1.807) is 13.1 Å². The van der Waals surface area contributed by atoms with Gasteiger partial charge in [0, 0.05) is 18.3 Å².